The van der Waals surface area contributed by atoms with Crippen molar-refractivity contribution in [3.8, 4) is 5.75 Å². The van der Waals surface area contributed by atoms with Crippen LogP contribution in [0.15, 0.2) is 42.6 Å². The minimum absolute atomic E-state index is 0.114. The number of rotatable bonds is 15. The van der Waals surface area contributed by atoms with Crippen LogP contribution in [-0.4, -0.2) is 78.8 Å². The Bertz CT molecular complexity index is 1700. The normalized spacial score (nSPS) is 17.4. The second kappa shape index (κ2) is 15.8. The van der Waals surface area contributed by atoms with Gasteiger partial charge in [-0.3, -0.25) is 32.8 Å². The Kier molecular flexibility index (Phi) is 12.1. The molecule has 0 radical (unpaired) electrons. The first-order valence-electron chi connectivity index (χ1n) is 14.2. The second-order valence-corrected chi connectivity index (χ2v) is 12.9. The molecule has 2 amide bonds. The molecule has 1 N–H and O–H groups in total. The number of hydrogen-bond donors (Lipinski definition) is 1. The lowest BCUT2D eigenvalue weighted by Gasteiger charge is -2.24. The summed E-state index contributed by atoms with van der Waals surface area (Å²) in [6.07, 6.45) is -0.859. The number of esters is 1. The molecule has 1 saturated heterocycles. The van der Waals surface area contributed by atoms with Gasteiger partial charge in [0.05, 0.1) is 17.1 Å². The summed E-state index contributed by atoms with van der Waals surface area (Å²) in [6, 6.07) is 7.75. The van der Waals surface area contributed by atoms with Crippen LogP contribution in [0.1, 0.15) is 36.2 Å². The van der Waals surface area contributed by atoms with Gasteiger partial charge in [-0.2, -0.15) is 0 Å². The van der Waals surface area contributed by atoms with E-state index < -0.39 is 63.3 Å². The van der Waals surface area contributed by atoms with Crippen LogP contribution in [0.5, 0.6) is 5.75 Å². The van der Waals surface area contributed by atoms with Gasteiger partial charge in [0.15, 0.2) is 18.9 Å². The quantitative estimate of drug-likeness (QED) is 0.103. The summed E-state index contributed by atoms with van der Waals surface area (Å²) < 4.78 is 68.8. The number of fused-ring (bicyclic) bond motifs is 1. The molecule has 2 aromatic carbocycles. The molecule has 2 heterocycles. The number of ketones is 1. The van der Waals surface area contributed by atoms with Gasteiger partial charge >= 0.3 is 13.6 Å². The molecular weight excluding hydrogens is 667 g/mol. The number of carbonyl (C=O) groups excluding carboxylic acids is 4. The lowest BCUT2D eigenvalue weighted by molar-refractivity contribution is -0.148. The van der Waals surface area contributed by atoms with Gasteiger partial charge in [-0.25, -0.2) is 8.78 Å². The molecule has 13 nitrogen and oxygen atoms in total. The van der Waals surface area contributed by atoms with Gasteiger partial charge in [0, 0.05) is 55.8 Å². The van der Waals surface area contributed by atoms with Crippen LogP contribution in [0, 0.1) is 5.82 Å². The number of hydrogen-bond acceptors (Lipinski definition) is 10. The van der Waals surface area contributed by atoms with Crippen molar-refractivity contribution in [2.75, 3.05) is 33.6 Å². The fraction of sp³-hybridized carbons (Fsp3) is 0.400. The molecule has 0 saturated carbocycles. The van der Waals surface area contributed by atoms with Crippen LogP contribution in [-0.2, 0) is 50.6 Å². The molecule has 3 atom stereocenters. The SMILES string of the molecule is COCOP(=O)(COc1ccc2c(C(C)=O)cn(CC(=O)N3C[C@H](F)C[C@H]3C(=O)NCc3cccc(Cl)c3F)c2c1)OCOC(C)=O. The standard InChI is InChI=1S/C30H33ClF2N3O10P/c1-18(37)24-13-35(26-10-22(7-8-23(24)26)44-17-47(41,45-15-42-3)46-16-43-19(2)38)14-28(39)36-12-21(32)9-27(36)30(40)34-11-20-5-4-6-25(31)29(20)33/h4-8,10,13,21,27H,9,11-12,14-17H2,1-3H3,(H,34,40)/t21-,27+,47?/m1/s1. The van der Waals surface area contributed by atoms with Crippen molar-refractivity contribution in [3.63, 3.8) is 0 Å². The van der Waals surface area contributed by atoms with E-state index in [4.69, 9.17) is 30.1 Å². The van der Waals surface area contributed by atoms with Crippen molar-refractivity contribution in [3.05, 3.63) is 64.6 Å². The van der Waals surface area contributed by atoms with Crippen LogP contribution in [0.25, 0.3) is 10.9 Å². The Morgan fingerprint density at radius 2 is 1.85 bits per heavy atom. The van der Waals surface area contributed by atoms with E-state index in [0.29, 0.717) is 16.5 Å². The van der Waals surface area contributed by atoms with Crippen LogP contribution >= 0.6 is 19.2 Å². The Hall–Kier alpha value is -3.88. The average molecular weight is 700 g/mol. The molecule has 17 heteroatoms. The van der Waals surface area contributed by atoms with Gasteiger partial charge < -0.3 is 29.0 Å². The van der Waals surface area contributed by atoms with Crippen LogP contribution in [0.4, 0.5) is 8.78 Å². The number of ether oxygens (including phenoxy) is 3. The van der Waals surface area contributed by atoms with Gasteiger partial charge in [0.2, 0.25) is 18.6 Å². The van der Waals surface area contributed by atoms with E-state index in [-0.39, 0.29) is 48.2 Å². The summed E-state index contributed by atoms with van der Waals surface area (Å²) in [6.45, 7) is 0.522. The maximum absolute atomic E-state index is 14.6. The Morgan fingerprint density at radius 1 is 1.11 bits per heavy atom. The molecule has 1 fully saturated rings. The minimum atomic E-state index is -3.98. The molecule has 1 aliphatic heterocycles. The van der Waals surface area contributed by atoms with Crippen molar-refractivity contribution in [1.29, 1.82) is 0 Å². The van der Waals surface area contributed by atoms with E-state index in [0.717, 1.165) is 11.8 Å². The maximum Gasteiger partial charge on any atom is 0.372 e. The third-order valence-electron chi connectivity index (χ3n) is 7.16. The predicted octanol–water partition coefficient (Wildman–Crippen LogP) is 4.58. The van der Waals surface area contributed by atoms with Crippen molar-refractivity contribution in [2.45, 2.75) is 45.6 Å². The zero-order chi connectivity index (χ0) is 34.3. The maximum atomic E-state index is 14.6. The fourth-order valence-electron chi connectivity index (χ4n) is 4.89. The van der Waals surface area contributed by atoms with Crippen molar-refractivity contribution in [1.82, 2.24) is 14.8 Å². The molecule has 47 heavy (non-hydrogen) atoms. The average Bonchev–Trinajstić information content (AvgIpc) is 3.60. The van der Waals surface area contributed by atoms with Gasteiger partial charge in [-0.15, -0.1) is 0 Å². The van der Waals surface area contributed by atoms with E-state index in [1.807, 2.05) is 0 Å². The fourth-order valence-corrected chi connectivity index (χ4v) is 6.10. The van der Waals surface area contributed by atoms with Crippen LogP contribution < -0.4 is 10.1 Å². The molecule has 1 unspecified atom stereocenters. The monoisotopic (exact) mass is 699 g/mol. The Labute approximate surface area is 273 Å². The zero-order valence-electron chi connectivity index (χ0n) is 25.7. The summed E-state index contributed by atoms with van der Waals surface area (Å²) in [5.74, 6) is -2.75. The summed E-state index contributed by atoms with van der Waals surface area (Å²) in [7, 11) is -2.67. The highest BCUT2D eigenvalue weighted by atomic mass is 35.5. The number of halogens is 3. The number of methoxy groups -OCH3 is 1. The molecule has 1 aliphatic rings. The van der Waals surface area contributed by atoms with E-state index in [2.05, 4.69) is 10.1 Å². The van der Waals surface area contributed by atoms with Crippen molar-refractivity contribution < 1.29 is 55.8 Å². The van der Waals surface area contributed by atoms with E-state index in [1.165, 1.54) is 55.1 Å². The molecule has 3 aromatic rings. The number of carbonyl (C=O) groups is 4. The summed E-state index contributed by atoms with van der Waals surface area (Å²) in [5.41, 5.74) is 0.799. The number of benzene rings is 2. The van der Waals surface area contributed by atoms with E-state index >= 15 is 0 Å². The number of aromatic nitrogens is 1. The highest BCUT2D eigenvalue weighted by Gasteiger charge is 2.40. The third kappa shape index (κ3) is 9.14. The zero-order valence-corrected chi connectivity index (χ0v) is 27.4. The number of Topliss-reactive ketones (excluding diaryl/α,β-unsaturated/α-hetero) is 1. The predicted molar refractivity (Wildman–Crippen MR) is 164 cm³/mol. The second-order valence-electron chi connectivity index (χ2n) is 10.5. The molecule has 254 valence electrons. The first-order valence-corrected chi connectivity index (χ1v) is 16.3. The van der Waals surface area contributed by atoms with Crippen LogP contribution in [0.3, 0.4) is 0 Å². The third-order valence-corrected chi connectivity index (χ3v) is 8.90. The number of amides is 2. The lowest BCUT2D eigenvalue weighted by atomic mass is 10.1. The molecular formula is C30H33ClF2N3O10P. The lowest BCUT2D eigenvalue weighted by Crippen LogP contribution is -2.46. The summed E-state index contributed by atoms with van der Waals surface area (Å²) >= 11 is 5.81. The molecule has 0 spiro atoms. The number of nitrogens with one attached hydrogen (secondary N) is 1. The smallest absolute Gasteiger partial charge is 0.372 e. The minimum Gasteiger partial charge on any atom is -0.481 e. The first-order chi connectivity index (χ1) is 22.3. The number of alkyl halides is 1. The molecule has 4 rings (SSSR count). The Balaban J connectivity index is 1.51. The largest absolute Gasteiger partial charge is 0.481 e. The molecule has 0 aliphatic carbocycles. The number of nitrogens with zero attached hydrogens (tertiary/aromatic N) is 2. The topological polar surface area (TPSA) is 152 Å². The van der Waals surface area contributed by atoms with E-state index in [9.17, 15) is 32.5 Å². The Morgan fingerprint density at radius 3 is 2.55 bits per heavy atom. The van der Waals surface area contributed by atoms with Gasteiger partial charge in [-0.05, 0) is 25.1 Å². The van der Waals surface area contributed by atoms with Gasteiger partial charge in [-0.1, -0.05) is 23.7 Å². The van der Waals surface area contributed by atoms with Crippen LogP contribution in [0.2, 0.25) is 5.02 Å². The highest BCUT2D eigenvalue weighted by molar-refractivity contribution is 7.53. The molecule has 0 bridgehead atoms. The molecule has 1 aromatic heterocycles. The van der Waals surface area contributed by atoms with Gasteiger partial charge in [0.1, 0.15) is 30.3 Å². The summed E-state index contributed by atoms with van der Waals surface area (Å²) in [4.78, 5) is 51.1. The first kappa shape index (κ1) is 36.0. The number of likely N-dealkylation sites (tertiary alicyclic amines) is 1. The summed E-state index contributed by atoms with van der Waals surface area (Å²) in [5, 5.41) is 2.91. The van der Waals surface area contributed by atoms with Crippen molar-refractivity contribution >= 4 is 53.7 Å². The van der Waals surface area contributed by atoms with Gasteiger partial charge in [0.25, 0.3) is 0 Å². The van der Waals surface area contributed by atoms with Crippen molar-refractivity contribution in [2.24, 2.45) is 0 Å². The van der Waals surface area contributed by atoms with E-state index in [1.54, 1.807) is 6.07 Å². The highest BCUT2D eigenvalue weighted by Crippen LogP contribution is 2.48.